The van der Waals surface area contributed by atoms with E-state index in [1.165, 1.54) is 12.1 Å². The molecule has 0 unspecified atom stereocenters. The highest BCUT2D eigenvalue weighted by Crippen LogP contribution is 2.38. The Kier molecular flexibility index (Phi) is 8.15. The lowest BCUT2D eigenvalue weighted by Crippen LogP contribution is -2.40. The summed E-state index contributed by atoms with van der Waals surface area (Å²) < 4.78 is 37.0. The average molecular weight is 622 g/mol. The zero-order chi connectivity index (χ0) is 32.8. The van der Waals surface area contributed by atoms with E-state index in [0.717, 1.165) is 29.5 Å². The van der Waals surface area contributed by atoms with Gasteiger partial charge in [-0.05, 0) is 57.5 Å². The predicted molar refractivity (Wildman–Crippen MR) is 167 cm³/mol. The number of carbonyl (C=O) groups excluding carboxylic acids is 2. The molecular formula is C32H37F2N7O4. The van der Waals surface area contributed by atoms with Crippen LogP contribution in [0.15, 0.2) is 47.3 Å². The van der Waals surface area contributed by atoms with Crippen LogP contribution in [0.5, 0.6) is 0 Å². The van der Waals surface area contributed by atoms with Crippen LogP contribution in [-0.4, -0.2) is 56.1 Å². The summed E-state index contributed by atoms with van der Waals surface area (Å²) in [4.78, 5) is 45.6. The fraction of sp³-hybridized carbons (Fsp3) is 0.406. The fourth-order valence-electron chi connectivity index (χ4n) is 5.46. The van der Waals surface area contributed by atoms with Gasteiger partial charge in [-0.2, -0.15) is 9.78 Å². The first-order valence-electron chi connectivity index (χ1n) is 14.6. The number of imidazole rings is 1. The maximum absolute atomic E-state index is 14.5. The first-order chi connectivity index (χ1) is 21.0. The summed E-state index contributed by atoms with van der Waals surface area (Å²) in [5.41, 5.74) is -0.0655. The molecule has 0 saturated carbocycles. The number of aromatic nitrogens is 4. The van der Waals surface area contributed by atoms with Crippen molar-refractivity contribution in [2.45, 2.75) is 65.0 Å². The smallest absolute Gasteiger partial charge is 0.407 e. The Morgan fingerprint density at radius 2 is 1.67 bits per heavy atom. The minimum absolute atomic E-state index is 0.217. The summed E-state index contributed by atoms with van der Waals surface area (Å²) in [6.07, 6.45) is 0.115. The van der Waals surface area contributed by atoms with E-state index >= 15 is 0 Å². The van der Waals surface area contributed by atoms with E-state index in [4.69, 9.17) is 9.72 Å². The molecule has 0 spiro atoms. The van der Waals surface area contributed by atoms with Crippen molar-refractivity contribution in [2.24, 2.45) is 7.05 Å². The Balaban J connectivity index is 1.52. The van der Waals surface area contributed by atoms with Crippen LogP contribution in [0.2, 0.25) is 0 Å². The lowest BCUT2D eigenvalue weighted by molar-refractivity contribution is 0.0509. The van der Waals surface area contributed by atoms with Crippen LogP contribution >= 0.6 is 0 Å². The molecule has 13 heteroatoms. The summed E-state index contributed by atoms with van der Waals surface area (Å²) in [5.74, 6) is -1.85. The van der Waals surface area contributed by atoms with Gasteiger partial charge in [0.15, 0.2) is 11.6 Å². The van der Waals surface area contributed by atoms with Crippen molar-refractivity contribution in [3.63, 3.8) is 0 Å². The predicted octanol–water partition coefficient (Wildman–Crippen LogP) is 5.05. The van der Waals surface area contributed by atoms with E-state index < -0.39 is 40.5 Å². The highest BCUT2D eigenvalue weighted by Gasteiger charge is 2.31. The Hall–Kier alpha value is -4.81. The molecule has 0 bridgehead atoms. The molecule has 5 rings (SSSR count). The third kappa shape index (κ3) is 6.52. The van der Waals surface area contributed by atoms with Crippen molar-refractivity contribution in [3.8, 4) is 5.69 Å². The number of anilines is 2. The summed E-state index contributed by atoms with van der Waals surface area (Å²) in [5, 5.41) is 9.79. The SMILES string of the molecule is Cn1c(C(C)(C)C)nc2c(N3CC[C@H](NC(=O)OC(C)(C)C)C3)c(NC(=O)c3ccc(=O)n(-c4c(F)cccc4F)n3)ccc21. The molecule has 238 valence electrons. The number of aryl methyl sites for hydroxylation is 1. The highest BCUT2D eigenvalue weighted by molar-refractivity contribution is 6.08. The Bertz CT molecular complexity index is 1830. The molecule has 1 fully saturated rings. The van der Waals surface area contributed by atoms with E-state index in [-0.39, 0.29) is 17.2 Å². The first kappa shape index (κ1) is 31.6. The number of amides is 2. The normalized spacial score (nSPS) is 15.4. The number of alkyl carbamates (subject to hydrolysis) is 1. The van der Waals surface area contributed by atoms with Crippen molar-refractivity contribution in [1.82, 2.24) is 24.6 Å². The Morgan fingerprint density at radius 3 is 2.31 bits per heavy atom. The van der Waals surface area contributed by atoms with Gasteiger partial charge in [0.25, 0.3) is 11.5 Å². The van der Waals surface area contributed by atoms with Gasteiger partial charge < -0.3 is 24.8 Å². The van der Waals surface area contributed by atoms with Crippen LogP contribution in [0.4, 0.5) is 25.0 Å². The molecule has 11 nitrogen and oxygen atoms in total. The third-order valence-electron chi connectivity index (χ3n) is 7.35. The zero-order valence-electron chi connectivity index (χ0n) is 26.4. The van der Waals surface area contributed by atoms with Gasteiger partial charge in [0.1, 0.15) is 28.3 Å². The lowest BCUT2D eigenvalue weighted by Gasteiger charge is -2.24. The maximum atomic E-state index is 14.5. The van der Waals surface area contributed by atoms with Crippen LogP contribution in [0.25, 0.3) is 16.7 Å². The second-order valence-corrected chi connectivity index (χ2v) is 13.1. The average Bonchev–Trinajstić information content (AvgIpc) is 3.52. The molecule has 2 aromatic heterocycles. The van der Waals surface area contributed by atoms with Crippen LogP contribution in [-0.2, 0) is 17.2 Å². The molecular weight excluding hydrogens is 584 g/mol. The number of rotatable bonds is 5. The molecule has 1 aliphatic rings. The summed E-state index contributed by atoms with van der Waals surface area (Å²) >= 11 is 0. The standard InChI is InChI=1S/C32H37F2N7O4/c1-31(2,3)29-37-25-23(39(29)7)13-11-21(27(25)40-16-15-18(17-40)35-30(44)45-32(4,5)6)36-28(43)22-12-14-24(42)41(38-22)26-19(33)9-8-10-20(26)34/h8-14,18H,15-17H2,1-7H3,(H,35,44)(H,36,43)/t18-/m0/s1. The number of nitrogens with zero attached hydrogens (tertiary/aromatic N) is 5. The minimum atomic E-state index is -0.997. The van der Waals surface area contributed by atoms with Gasteiger partial charge in [-0.3, -0.25) is 9.59 Å². The number of benzene rings is 2. The minimum Gasteiger partial charge on any atom is -0.444 e. The van der Waals surface area contributed by atoms with E-state index in [9.17, 15) is 23.2 Å². The molecule has 2 aromatic carbocycles. The first-order valence-corrected chi connectivity index (χ1v) is 14.6. The van der Waals surface area contributed by atoms with Crippen LogP contribution < -0.4 is 21.1 Å². The second-order valence-electron chi connectivity index (χ2n) is 13.1. The van der Waals surface area contributed by atoms with Gasteiger partial charge >= 0.3 is 6.09 Å². The monoisotopic (exact) mass is 621 g/mol. The van der Waals surface area contributed by atoms with E-state index in [0.29, 0.717) is 41.1 Å². The number of carbonyl (C=O) groups is 2. The maximum Gasteiger partial charge on any atom is 0.407 e. The van der Waals surface area contributed by atoms with Crippen molar-refractivity contribution in [1.29, 1.82) is 0 Å². The summed E-state index contributed by atoms with van der Waals surface area (Å²) in [6, 6.07) is 8.78. The molecule has 45 heavy (non-hydrogen) atoms. The fourth-order valence-corrected chi connectivity index (χ4v) is 5.46. The van der Waals surface area contributed by atoms with Crippen molar-refractivity contribution >= 4 is 34.4 Å². The Labute approximate surface area is 259 Å². The number of hydrogen-bond acceptors (Lipinski definition) is 7. The zero-order valence-corrected chi connectivity index (χ0v) is 26.4. The van der Waals surface area contributed by atoms with E-state index in [1.54, 1.807) is 26.8 Å². The number of nitrogens with one attached hydrogen (secondary N) is 2. The van der Waals surface area contributed by atoms with Gasteiger partial charge in [0.05, 0.1) is 22.9 Å². The lowest BCUT2D eigenvalue weighted by atomic mass is 9.96. The van der Waals surface area contributed by atoms with Crippen LogP contribution in [0.1, 0.15) is 64.3 Å². The van der Waals surface area contributed by atoms with Gasteiger partial charge in [0.2, 0.25) is 0 Å². The van der Waals surface area contributed by atoms with E-state index in [1.807, 2.05) is 22.6 Å². The second kappa shape index (κ2) is 11.6. The third-order valence-corrected chi connectivity index (χ3v) is 7.35. The number of halogens is 2. The van der Waals surface area contributed by atoms with Crippen molar-refractivity contribution in [3.05, 3.63) is 76.0 Å². The van der Waals surface area contributed by atoms with Gasteiger partial charge in [-0.25, -0.2) is 18.6 Å². The largest absolute Gasteiger partial charge is 0.444 e. The molecule has 0 radical (unpaired) electrons. The van der Waals surface area contributed by atoms with Gasteiger partial charge in [-0.15, -0.1) is 0 Å². The topological polar surface area (TPSA) is 123 Å². The molecule has 1 aliphatic heterocycles. The molecule has 3 heterocycles. The van der Waals surface area contributed by atoms with Crippen molar-refractivity contribution < 1.29 is 23.1 Å². The Morgan fingerprint density at radius 1 is 0.978 bits per heavy atom. The highest BCUT2D eigenvalue weighted by atomic mass is 19.1. The molecule has 2 N–H and O–H groups in total. The van der Waals surface area contributed by atoms with Crippen LogP contribution in [0, 0.1) is 11.6 Å². The van der Waals surface area contributed by atoms with Crippen molar-refractivity contribution in [2.75, 3.05) is 23.3 Å². The van der Waals surface area contributed by atoms with Crippen LogP contribution in [0.3, 0.4) is 0 Å². The molecule has 2 amide bonds. The summed E-state index contributed by atoms with van der Waals surface area (Å²) in [6.45, 7) is 12.6. The van der Waals surface area contributed by atoms with E-state index in [2.05, 4.69) is 36.5 Å². The molecule has 0 aliphatic carbocycles. The number of fused-ring (bicyclic) bond motifs is 1. The number of para-hydroxylation sites is 1. The van der Waals surface area contributed by atoms with Gasteiger partial charge in [-0.1, -0.05) is 26.8 Å². The molecule has 1 atom stereocenters. The molecule has 1 saturated heterocycles. The number of ether oxygens (including phenoxy) is 1. The number of hydrogen-bond donors (Lipinski definition) is 2. The molecule has 4 aromatic rings. The summed E-state index contributed by atoms with van der Waals surface area (Å²) in [7, 11) is 1.93. The van der Waals surface area contributed by atoms with Gasteiger partial charge in [0, 0.05) is 31.6 Å². The quantitative estimate of drug-likeness (QED) is 0.320.